The van der Waals surface area contributed by atoms with Crippen LogP contribution in [0.3, 0.4) is 0 Å². The summed E-state index contributed by atoms with van der Waals surface area (Å²) in [5.41, 5.74) is 6.65. The molecule has 2 aliphatic rings. The van der Waals surface area contributed by atoms with Gasteiger partial charge in [-0.25, -0.2) is 9.40 Å². The lowest BCUT2D eigenvalue weighted by Gasteiger charge is -2.38. The lowest BCUT2D eigenvalue weighted by molar-refractivity contribution is -0.0191. The monoisotopic (exact) mass is 450 g/mol. The van der Waals surface area contributed by atoms with Crippen LogP contribution in [0.5, 0.6) is 5.75 Å². The molecule has 0 fully saturated rings. The van der Waals surface area contributed by atoms with Crippen molar-refractivity contribution in [2.45, 2.75) is 32.5 Å². The molecule has 3 aromatic carbocycles. The number of fused-ring (bicyclic) bond motifs is 3. The normalized spacial score (nSPS) is 20.0. The first kappa shape index (κ1) is 18.4. The van der Waals surface area contributed by atoms with Crippen LogP contribution in [0.25, 0.3) is 0 Å². The second kappa shape index (κ2) is 6.99. The molecule has 29 heavy (non-hydrogen) atoms. The molecule has 0 saturated heterocycles. The molecule has 3 nitrogen and oxygen atoms in total. The minimum Gasteiger partial charge on any atom is -0.464 e. The van der Waals surface area contributed by atoms with Gasteiger partial charge in [0.1, 0.15) is 11.6 Å². The summed E-state index contributed by atoms with van der Waals surface area (Å²) >= 11 is 3.58. The highest BCUT2D eigenvalue weighted by Gasteiger charge is 2.41. The first-order valence-electron chi connectivity index (χ1n) is 9.64. The van der Waals surface area contributed by atoms with Crippen LogP contribution in [-0.4, -0.2) is 10.7 Å². The Hall–Kier alpha value is -2.66. The van der Waals surface area contributed by atoms with Crippen molar-refractivity contribution >= 4 is 21.6 Å². The molecule has 5 heteroatoms. The van der Waals surface area contributed by atoms with E-state index in [4.69, 9.17) is 9.84 Å². The third-order valence-corrected chi connectivity index (χ3v) is 6.10. The lowest BCUT2D eigenvalue weighted by atomic mass is 9.93. The van der Waals surface area contributed by atoms with Gasteiger partial charge in [-0.1, -0.05) is 45.8 Å². The maximum atomic E-state index is 13.5. The minimum absolute atomic E-state index is 0.0706. The summed E-state index contributed by atoms with van der Waals surface area (Å²) in [6, 6.07) is 19.1. The zero-order valence-electron chi connectivity index (χ0n) is 16.2. The van der Waals surface area contributed by atoms with Gasteiger partial charge in [0.05, 0.1) is 11.8 Å². The predicted molar refractivity (Wildman–Crippen MR) is 116 cm³/mol. The third kappa shape index (κ3) is 3.23. The molecule has 5 rings (SSSR count). The molecular weight excluding hydrogens is 431 g/mol. The molecule has 0 saturated carbocycles. The van der Waals surface area contributed by atoms with E-state index < -0.39 is 6.23 Å². The number of halogens is 2. The Kier molecular flexibility index (Phi) is 4.43. The highest BCUT2D eigenvalue weighted by atomic mass is 79.9. The van der Waals surface area contributed by atoms with Crippen LogP contribution < -0.4 is 4.74 Å². The predicted octanol–water partition coefficient (Wildman–Crippen LogP) is 6.45. The van der Waals surface area contributed by atoms with E-state index in [-0.39, 0.29) is 11.9 Å². The third-order valence-electron chi connectivity index (χ3n) is 5.61. The number of aryl methyl sites for hydroxylation is 2. The summed E-state index contributed by atoms with van der Waals surface area (Å²) in [5.74, 6) is 0.590. The summed E-state index contributed by atoms with van der Waals surface area (Å²) in [5, 5.41) is 7.03. The van der Waals surface area contributed by atoms with Crippen molar-refractivity contribution in [3.63, 3.8) is 0 Å². The van der Waals surface area contributed by atoms with Crippen molar-refractivity contribution in [2.24, 2.45) is 5.10 Å². The van der Waals surface area contributed by atoms with Gasteiger partial charge in [-0.2, -0.15) is 5.10 Å². The Morgan fingerprint density at radius 3 is 2.62 bits per heavy atom. The Balaban J connectivity index is 1.62. The molecule has 0 unspecified atom stereocenters. The molecule has 0 aliphatic carbocycles. The first-order chi connectivity index (χ1) is 14.0. The highest BCUT2D eigenvalue weighted by molar-refractivity contribution is 9.10. The number of hydrogen-bond donors (Lipinski definition) is 0. The van der Waals surface area contributed by atoms with E-state index in [1.54, 1.807) is 12.1 Å². The van der Waals surface area contributed by atoms with Crippen molar-refractivity contribution in [1.29, 1.82) is 0 Å². The van der Waals surface area contributed by atoms with E-state index >= 15 is 0 Å². The smallest absolute Gasteiger partial charge is 0.213 e. The zero-order chi connectivity index (χ0) is 20.1. The van der Waals surface area contributed by atoms with Gasteiger partial charge in [-0.15, -0.1) is 0 Å². The molecule has 0 aromatic heterocycles. The summed E-state index contributed by atoms with van der Waals surface area (Å²) in [4.78, 5) is 0. The summed E-state index contributed by atoms with van der Waals surface area (Å²) in [6.07, 6.45) is 0.409. The molecule has 2 atom stereocenters. The summed E-state index contributed by atoms with van der Waals surface area (Å²) in [6.45, 7) is 4.22. The number of ether oxygens (including phenoxy) is 1. The summed E-state index contributed by atoms with van der Waals surface area (Å²) in [7, 11) is 0. The fourth-order valence-corrected chi connectivity index (χ4v) is 4.49. The van der Waals surface area contributed by atoms with Gasteiger partial charge in [0.2, 0.25) is 6.23 Å². The molecule has 0 N–H and O–H groups in total. The van der Waals surface area contributed by atoms with E-state index in [1.807, 2.05) is 17.1 Å². The van der Waals surface area contributed by atoms with Crippen molar-refractivity contribution in [1.82, 2.24) is 5.01 Å². The second-order valence-electron chi connectivity index (χ2n) is 7.67. The second-order valence-corrected chi connectivity index (χ2v) is 8.58. The number of hydrazone groups is 1. The quantitative estimate of drug-likeness (QED) is 0.448. The van der Waals surface area contributed by atoms with Gasteiger partial charge in [-0.3, -0.25) is 0 Å². The van der Waals surface area contributed by atoms with Crippen LogP contribution in [0.4, 0.5) is 4.39 Å². The van der Waals surface area contributed by atoms with E-state index in [9.17, 15) is 4.39 Å². The average molecular weight is 451 g/mol. The van der Waals surface area contributed by atoms with E-state index in [0.29, 0.717) is 0 Å². The zero-order valence-corrected chi connectivity index (χ0v) is 17.8. The van der Waals surface area contributed by atoms with Gasteiger partial charge < -0.3 is 4.74 Å². The molecule has 0 radical (unpaired) electrons. The maximum absolute atomic E-state index is 13.5. The number of hydrogen-bond acceptors (Lipinski definition) is 3. The lowest BCUT2D eigenvalue weighted by Crippen LogP contribution is -2.33. The number of rotatable bonds is 2. The van der Waals surface area contributed by atoms with Crippen molar-refractivity contribution in [3.8, 4) is 5.75 Å². The van der Waals surface area contributed by atoms with Crippen LogP contribution >= 0.6 is 15.9 Å². The fourth-order valence-electron chi connectivity index (χ4n) is 4.11. The number of benzene rings is 3. The number of nitrogens with zero attached hydrogens (tertiary/aromatic N) is 2. The molecule has 0 bridgehead atoms. The molecular formula is C24H20BrFN2O. The van der Waals surface area contributed by atoms with Gasteiger partial charge >= 0.3 is 0 Å². The standard InChI is InChI=1S/C24H20BrFN2O/c1-14-3-4-15(2)19(11-14)21-13-22-20-12-17(25)7-10-23(20)29-24(28(22)27-21)16-5-8-18(26)9-6-16/h3-12,22,24H,13H2,1-2H3/t22-,24-/m1/s1. The minimum atomic E-state index is -0.392. The van der Waals surface area contributed by atoms with E-state index in [1.165, 1.54) is 28.8 Å². The SMILES string of the molecule is Cc1ccc(C)c(C2=NN3[C@H](C2)c2cc(Br)ccc2O[C@@H]3c2ccc(F)cc2)c1. The Bertz CT molecular complexity index is 1130. The van der Waals surface area contributed by atoms with Crippen LogP contribution in [0, 0.1) is 19.7 Å². The topological polar surface area (TPSA) is 24.8 Å². The van der Waals surface area contributed by atoms with Crippen molar-refractivity contribution < 1.29 is 9.13 Å². The van der Waals surface area contributed by atoms with E-state index in [0.717, 1.165) is 33.5 Å². The Morgan fingerprint density at radius 1 is 1.03 bits per heavy atom. The molecule has 2 heterocycles. The van der Waals surface area contributed by atoms with Gasteiger partial charge in [-0.05, 0) is 55.8 Å². The maximum Gasteiger partial charge on any atom is 0.213 e. The van der Waals surface area contributed by atoms with Gasteiger partial charge in [0.25, 0.3) is 0 Å². The van der Waals surface area contributed by atoms with Crippen LogP contribution in [0.2, 0.25) is 0 Å². The molecule has 0 amide bonds. The Morgan fingerprint density at radius 2 is 1.83 bits per heavy atom. The molecule has 0 spiro atoms. The molecule has 2 aliphatic heterocycles. The van der Waals surface area contributed by atoms with Crippen molar-refractivity contribution in [2.75, 3.05) is 0 Å². The average Bonchev–Trinajstić information content (AvgIpc) is 3.15. The largest absolute Gasteiger partial charge is 0.464 e. The van der Waals surface area contributed by atoms with E-state index in [2.05, 4.69) is 54.0 Å². The van der Waals surface area contributed by atoms with Crippen LogP contribution in [0.1, 0.15) is 46.5 Å². The Labute approximate surface area is 177 Å². The molecule has 146 valence electrons. The van der Waals surface area contributed by atoms with Gasteiger partial charge in [0.15, 0.2) is 0 Å². The fraction of sp³-hybridized carbons (Fsp3) is 0.208. The van der Waals surface area contributed by atoms with Gasteiger partial charge in [0, 0.05) is 27.6 Å². The van der Waals surface area contributed by atoms with Crippen LogP contribution in [-0.2, 0) is 0 Å². The summed E-state index contributed by atoms with van der Waals surface area (Å²) < 4.78 is 20.8. The van der Waals surface area contributed by atoms with Crippen molar-refractivity contribution in [3.05, 3.63) is 98.8 Å². The molecule has 3 aromatic rings. The van der Waals surface area contributed by atoms with Crippen LogP contribution in [0.15, 0.2) is 70.2 Å². The highest BCUT2D eigenvalue weighted by Crippen LogP contribution is 2.48. The first-order valence-corrected chi connectivity index (χ1v) is 10.4.